The smallest absolute Gasteiger partial charge is 0.414 e. The highest BCUT2D eigenvalue weighted by atomic mass is 16.5. The van der Waals surface area contributed by atoms with E-state index in [0.29, 0.717) is 6.04 Å². The summed E-state index contributed by atoms with van der Waals surface area (Å²) in [6, 6.07) is 1.39. The predicted molar refractivity (Wildman–Crippen MR) is 58.9 cm³/mol. The molecule has 0 saturated carbocycles. The van der Waals surface area contributed by atoms with E-state index in [1.54, 1.807) is 0 Å². The van der Waals surface area contributed by atoms with E-state index in [9.17, 15) is 0 Å². The maximum Gasteiger partial charge on any atom is 0.414 e. The Hall–Kier alpha value is -1.18. The first-order valence-electron chi connectivity index (χ1n) is 5.60. The molecule has 98 valence electrons. The minimum absolute atomic E-state index is 0.651. The topological polar surface area (TPSA) is 108 Å². The van der Waals surface area contributed by atoms with Crippen LogP contribution in [0.15, 0.2) is 0 Å². The number of aliphatic carboxylic acids is 2. The van der Waals surface area contributed by atoms with E-state index in [1.165, 1.54) is 25.9 Å². The summed E-state index contributed by atoms with van der Waals surface area (Å²) in [6.07, 6.45) is 2.55. The van der Waals surface area contributed by atoms with Crippen LogP contribution in [-0.2, 0) is 14.3 Å². The van der Waals surface area contributed by atoms with Crippen molar-refractivity contribution in [1.82, 2.24) is 10.6 Å². The molecule has 0 aliphatic carbocycles. The zero-order chi connectivity index (χ0) is 12.7. The van der Waals surface area contributed by atoms with Gasteiger partial charge in [0.2, 0.25) is 0 Å². The van der Waals surface area contributed by atoms with Crippen molar-refractivity contribution >= 4 is 11.9 Å². The van der Waals surface area contributed by atoms with Gasteiger partial charge in [-0.25, -0.2) is 9.59 Å². The van der Waals surface area contributed by atoms with Crippen LogP contribution in [0.4, 0.5) is 0 Å². The third-order valence-corrected chi connectivity index (χ3v) is 2.63. The Morgan fingerprint density at radius 2 is 1.59 bits per heavy atom. The zero-order valence-corrected chi connectivity index (χ0v) is 9.52. The Labute approximate surface area is 99.1 Å². The maximum atomic E-state index is 9.10. The third kappa shape index (κ3) is 5.62. The average Bonchev–Trinajstić information content (AvgIpc) is 2.26. The monoisotopic (exact) mass is 246 g/mol. The van der Waals surface area contributed by atoms with Crippen molar-refractivity contribution in [2.45, 2.75) is 24.9 Å². The fraction of sp³-hybridized carbons (Fsp3) is 0.800. The zero-order valence-electron chi connectivity index (χ0n) is 9.52. The molecular weight excluding hydrogens is 228 g/mol. The molecule has 2 rings (SSSR count). The molecule has 2 fully saturated rings. The number of ether oxygens (including phenoxy) is 1. The normalized spacial score (nSPS) is 20.9. The molecule has 17 heavy (non-hydrogen) atoms. The van der Waals surface area contributed by atoms with E-state index >= 15 is 0 Å². The van der Waals surface area contributed by atoms with Crippen molar-refractivity contribution in [2.75, 3.05) is 26.3 Å². The first kappa shape index (κ1) is 13.9. The Morgan fingerprint density at radius 1 is 1.06 bits per heavy atom. The minimum Gasteiger partial charge on any atom is -0.473 e. The second-order valence-electron chi connectivity index (χ2n) is 4.04. The van der Waals surface area contributed by atoms with Crippen molar-refractivity contribution < 1.29 is 24.5 Å². The van der Waals surface area contributed by atoms with Gasteiger partial charge in [0, 0.05) is 6.04 Å². The summed E-state index contributed by atoms with van der Waals surface area (Å²) in [6.45, 7) is 4.18. The lowest BCUT2D eigenvalue weighted by Crippen LogP contribution is -2.52. The van der Waals surface area contributed by atoms with Gasteiger partial charge >= 0.3 is 11.9 Å². The Bertz CT molecular complexity index is 249. The Kier molecular flexibility index (Phi) is 5.88. The molecule has 0 spiro atoms. The SMILES string of the molecule is C1CC(NC2COC2)CCN1.O=C(O)C(=O)O. The van der Waals surface area contributed by atoms with Crippen molar-refractivity contribution in [1.29, 1.82) is 0 Å². The van der Waals surface area contributed by atoms with Crippen molar-refractivity contribution in [3.05, 3.63) is 0 Å². The van der Waals surface area contributed by atoms with E-state index in [0.717, 1.165) is 19.3 Å². The van der Waals surface area contributed by atoms with Crippen LogP contribution in [0, 0.1) is 0 Å². The fourth-order valence-electron chi connectivity index (χ4n) is 1.65. The van der Waals surface area contributed by atoms with Crippen molar-refractivity contribution in [3.63, 3.8) is 0 Å². The van der Waals surface area contributed by atoms with Crippen LogP contribution in [0.1, 0.15) is 12.8 Å². The fourth-order valence-corrected chi connectivity index (χ4v) is 1.65. The van der Waals surface area contributed by atoms with Crippen LogP contribution in [0.25, 0.3) is 0 Å². The molecule has 0 unspecified atom stereocenters. The first-order chi connectivity index (χ1) is 8.09. The first-order valence-corrected chi connectivity index (χ1v) is 5.60. The molecule has 0 aromatic carbocycles. The highest BCUT2D eigenvalue weighted by Gasteiger charge is 2.22. The second kappa shape index (κ2) is 7.21. The maximum absolute atomic E-state index is 9.10. The molecule has 0 aromatic rings. The Morgan fingerprint density at radius 3 is 1.94 bits per heavy atom. The molecule has 0 amide bonds. The van der Waals surface area contributed by atoms with Gasteiger partial charge in [-0.05, 0) is 25.9 Å². The minimum atomic E-state index is -1.82. The summed E-state index contributed by atoms with van der Waals surface area (Å²) in [7, 11) is 0. The van der Waals surface area contributed by atoms with Gasteiger partial charge in [0.05, 0.1) is 19.3 Å². The number of carboxylic acid groups (broad SMARTS) is 2. The van der Waals surface area contributed by atoms with Crippen LogP contribution < -0.4 is 10.6 Å². The summed E-state index contributed by atoms with van der Waals surface area (Å²) in [5.74, 6) is -3.65. The number of carboxylic acids is 2. The molecular formula is C10H18N2O5. The van der Waals surface area contributed by atoms with Crippen LogP contribution in [0.5, 0.6) is 0 Å². The van der Waals surface area contributed by atoms with Gasteiger partial charge in [-0.2, -0.15) is 0 Å². The number of piperidine rings is 1. The van der Waals surface area contributed by atoms with Gasteiger partial charge in [0.15, 0.2) is 0 Å². The molecule has 0 bridgehead atoms. The number of nitrogens with one attached hydrogen (secondary N) is 2. The van der Waals surface area contributed by atoms with Gasteiger partial charge in [0.1, 0.15) is 0 Å². The largest absolute Gasteiger partial charge is 0.473 e. The predicted octanol–water partition coefficient (Wildman–Crippen LogP) is -1.12. The van der Waals surface area contributed by atoms with Crippen LogP contribution >= 0.6 is 0 Å². The quantitative estimate of drug-likeness (QED) is 0.457. The summed E-state index contributed by atoms with van der Waals surface area (Å²) >= 11 is 0. The van der Waals surface area contributed by atoms with Gasteiger partial charge in [-0.15, -0.1) is 0 Å². The number of carbonyl (C=O) groups is 2. The molecule has 0 aromatic heterocycles. The lowest BCUT2D eigenvalue weighted by Gasteiger charge is -2.33. The van der Waals surface area contributed by atoms with Gasteiger partial charge in [0.25, 0.3) is 0 Å². The van der Waals surface area contributed by atoms with Crippen LogP contribution in [-0.4, -0.2) is 60.5 Å². The lowest BCUT2D eigenvalue weighted by molar-refractivity contribution is -0.159. The van der Waals surface area contributed by atoms with Crippen LogP contribution in [0.2, 0.25) is 0 Å². The molecule has 2 heterocycles. The average molecular weight is 246 g/mol. The molecule has 4 N–H and O–H groups in total. The van der Waals surface area contributed by atoms with Gasteiger partial charge in [-0.3, -0.25) is 0 Å². The molecule has 2 saturated heterocycles. The Balaban J connectivity index is 0.000000209. The molecule has 0 atom stereocenters. The number of hydrogen-bond acceptors (Lipinski definition) is 5. The second-order valence-corrected chi connectivity index (χ2v) is 4.04. The van der Waals surface area contributed by atoms with E-state index in [4.69, 9.17) is 24.5 Å². The molecule has 0 radical (unpaired) electrons. The van der Waals surface area contributed by atoms with Crippen molar-refractivity contribution in [3.8, 4) is 0 Å². The molecule has 2 aliphatic rings. The number of hydrogen-bond donors (Lipinski definition) is 4. The van der Waals surface area contributed by atoms with Gasteiger partial charge < -0.3 is 25.6 Å². The molecule has 7 heteroatoms. The van der Waals surface area contributed by atoms with E-state index in [-0.39, 0.29) is 0 Å². The third-order valence-electron chi connectivity index (χ3n) is 2.63. The van der Waals surface area contributed by atoms with Crippen LogP contribution in [0.3, 0.4) is 0 Å². The van der Waals surface area contributed by atoms with Gasteiger partial charge in [-0.1, -0.05) is 0 Å². The lowest BCUT2D eigenvalue weighted by atomic mass is 10.1. The standard InChI is InChI=1S/C8H16N2O.C2H2O4/c1-3-9-4-2-7(1)10-8-5-11-6-8;3-1(4)2(5)6/h7-10H,1-6H2;(H,3,4)(H,5,6). The summed E-state index contributed by atoms with van der Waals surface area (Å²) in [5.41, 5.74) is 0. The summed E-state index contributed by atoms with van der Waals surface area (Å²) in [5, 5.41) is 21.7. The summed E-state index contributed by atoms with van der Waals surface area (Å²) < 4.78 is 5.10. The molecule has 7 nitrogen and oxygen atoms in total. The summed E-state index contributed by atoms with van der Waals surface area (Å²) in [4.78, 5) is 18.2. The highest BCUT2D eigenvalue weighted by molar-refractivity contribution is 6.27. The van der Waals surface area contributed by atoms with E-state index in [1.807, 2.05) is 0 Å². The highest BCUT2D eigenvalue weighted by Crippen LogP contribution is 2.07. The molecule has 2 aliphatic heterocycles. The number of rotatable bonds is 2. The van der Waals surface area contributed by atoms with E-state index in [2.05, 4.69) is 10.6 Å². The van der Waals surface area contributed by atoms with Crippen molar-refractivity contribution in [2.24, 2.45) is 0 Å². The van der Waals surface area contributed by atoms with E-state index < -0.39 is 11.9 Å².